The van der Waals surface area contributed by atoms with E-state index < -0.39 is 0 Å². The number of piperidine rings is 1. The van der Waals surface area contributed by atoms with Crippen molar-refractivity contribution < 1.29 is 4.79 Å². The van der Waals surface area contributed by atoms with E-state index in [-0.39, 0.29) is 5.91 Å². The maximum atomic E-state index is 11.5. The number of nitrogens with one attached hydrogen (secondary N) is 4. The summed E-state index contributed by atoms with van der Waals surface area (Å²) in [5.74, 6) is 0.119. The largest absolute Gasteiger partial charge is 0.380 e. The van der Waals surface area contributed by atoms with Crippen LogP contribution in [0.25, 0.3) is 10.9 Å². The van der Waals surface area contributed by atoms with Crippen LogP contribution in [0.1, 0.15) is 46.2 Å². The molecule has 1 amide bonds. The fourth-order valence-electron chi connectivity index (χ4n) is 3.86. The molecular formula is C23H38ClN5O. The first-order chi connectivity index (χ1) is 14.7. The van der Waals surface area contributed by atoms with Crippen LogP contribution in [0.15, 0.2) is 18.2 Å². The molecular weight excluding hydrogens is 398 g/mol. The molecule has 30 heavy (non-hydrogen) atoms. The number of benzene rings is 1. The second-order valence-electron chi connectivity index (χ2n) is 7.26. The first-order valence-corrected chi connectivity index (χ1v) is 11.8. The third-order valence-corrected chi connectivity index (χ3v) is 5.48. The number of carbonyl (C=O) groups excluding carboxylic acids is 1. The lowest BCUT2D eigenvalue weighted by molar-refractivity contribution is -0.124. The van der Waals surface area contributed by atoms with Crippen LogP contribution in [0.3, 0.4) is 0 Å². The van der Waals surface area contributed by atoms with Crippen molar-refractivity contribution in [2.24, 2.45) is 0 Å². The maximum absolute atomic E-state index is 11.5. The normalized spacial score (nSPS) is 17.4. The summed E-state index contributed by atoms with van der Waals surface area (Å²) in [6.45, 7) is 13.1. The van der Waals surface area contributed by atoms with Crippen LogP contribution in [-0.4, -0.2) is 61.1 Å². The molecule has 4 N–H and O–H groups in total. The molecule has 7 heteroatoms. The quantitative estimate of drug-likeness (QED) is 0.572. The van der Waals surface area contributed by atoms with Crippen molar-refractivity contribution in [3.8, 4) is 0 Å². The summed E-state index contributed by atoms with van der Waals surface area (Å²) in [4.78, 5) is 17.3. The predicted molar refractivity (Wildman–Crippen MR) is 129 cm³/mol. The number of hydrogen-bond donors (Lipinski definition) is 4. The zero-order valence-corrected chi connectivity index (χ0v) is 19.7. The van der Waals surface area contributed by atoms with E-state index in [4.69, 9.17) is 11.6 Å². The zero-order valence-electron chi connectivity index (χ0n) is 18.9. The Hall–Kier alpha value is -1.76. The van der Waals surface area contributed by atoms with E-state index in [1.54, 1.807) is 0 Å². The van der Waals surface area contributed by atoms with Gasteiger partial charge in [0.25, 0.3) is 0 Å². The number of aromatic nitrogens is 1. The molecule has 0 atom stereocenters. The number of carbonyl (C=O) groups is 1. The van der Waals surface area contributed by atoms with Crippen LogP contribution in [-0.2, 0) is 11.2 Å². The minimum atomic E-state index is 0.119. The van der Waals surface area contributed by atoms with Gasteiger partial charge in [-0.1, -0.05) is 39.3 Å². The van der Waals surface area contributed by atoms with Crippen molar-refractivity contribution in [3.05, 3.63) is 28.9 Å². The third-order valence-electron chi connectivity index (χ3n) is 5.26. The lowest BCUT2D eigenvalue weighted by Crippen LogP contribution is -2.48. The van der Waals surface area contributed by atoms with Gasteiger partial charge in [0.2, 0.25) is 5.91 Å². The number of anilines is 1. The van der Waals surface area contributed by atoms with E-state index >= 15 is 0 Å². The SMILES string of the molecule is CC.CC.O=C1CN(CCc2cc3cc(Cl)cc(NC4CCNCC4)c3[nH]2)CCN1. The van der Waals surface area contributed by atoms with Gasteiger partial charge in [-0.25, -0.2) is 0 Å². The van der Waals surface area contributed by atoms with E-state index in [9.17, 15) is 4.79 Å². The first-order valence-electron chi connectivity index (χ1n) is 11.4. The van der Waals surface area contributed by atoms with Gasteiger partial charge in [-0.15, -0.1) is 0 Å². The van der Waals surface area contributed by atoms with Crippen molar-refractivity contribution in [3.63, 3.8) is 0 Å². The first kappa shape index (κ1) is 24.5. The monoisotopic (exact) mass is 435 g/mol. The lowest BCUT2D eigenvalue weighted by Gasteiger charge is -2.26. The molecule has 2 aliphatic heterocycles. The van der Waals surface area contributed by atoms with E-state index in [2.05, 4.69) is 31.9 Å². The number of H-pyrrole nitrogens is 1. The highest BCUT2D eigenvalue weighted by Crippen LogP contribution is 2.30. The average Bonchev–Trinajstić information content (AvgIpc) is 3.19. The second kappa shape index (κ2) is 12.8. The van der Waals surface area contributed by atoms with Crippen LogP contribution in [0.5, 0.6) is 0 Å². The molecule has 2 fully saturated rings. The van der Waals surface area contributed by atoms with E-state index in [1.165, 1.54) is 5.69 Å². The number of fused-ring (bicyclic) bond motifs is 1. The molecule has 0 bridgehead atoms. The summed E-state index contributed by atoms with van der Waals surface area (Å²) in [5, 5.41) is 11.8. The van der Waals surface area contributed by atoms with Gasteiger partial charge in [-0.3, -0.25) is 9.69 Å². The highest BCUT2D eigenvalue weighted by Gasteiger charge is 2.17. The number of halogens is 1. The summed E-state index contributed by atoms with van der Waals surface area (Å²) in [7, 11) is 0. The van der Waals surface area contributed by atoms with Gasteiger partial charge < -0.3 is 20.9 Å². The van der Waals surface area contributed by atoms with Crippen molar-refractivity contribution in [1.29, 1.82) is 0 Å². The molecule has 2 aliphatic rings. The van der Waals surface area contributed by atoms with E-state index in [0.717, 1.165) is 73.6 Å². The minimum absolute atomic E-state index is 0.119. The standard InChI is InChI=1S/C19H26ClN5O.2C2H6/c20-14-9-13-10-16(3-7-25-8-6-22-18(26)12-25)24-19(13)17(11-14)23-15-1-4-21-5-2-15;2*1-2/h9-11,15,21,23-24H,1-8,12H2,(H,22,26);2*1-2H3. The van der Waals surface area contributed by atoms with Crippen LogP contribution < -0.4 is 16.0 Å². The molecule has 4 rings (SSSR count). The van der Waals surface area contributed by atoms with Gasteiger partial charge in [-0.05, 0) is 44.1 Å². The molecule has 168 valence electrons. The Bertz CT molecular complexity index is 785. The van der Waals surface area contributed by atoms with Crippen molar-refractivity contribution in [2.45, 2.75) is 53.0 Å². The average molecular weight is 436 g/mol. The number of nitrogens with zero attached hydrogens (tertiary/aromatic N) is 1. The number of hydrogen-bond acceptors (Lipinski definition) is 4. The summed E-state index contributed by atoms with van der Waals surface area (Å²) in [5.41, 5.74) is 3.39. The maximum Gasteiger partial charge on any atom is 0.234 e. The van der Waals surface area contributed by atoms with E-state index in [0.29, 0.717) is 12.6 Å². The van der Waals surface area contributed by atoms with Crippen LogP contribution in [0, 0.1) is 0 Å². The summed E-state index contributed by atoms with van der Waals surface area (Å²) < 4.78 is 0. The number of piperazine rings is 1. The molecule has 1 aromatic heterocycles. The fourth-order valence-corrected chi connectivity index (χ4v) is 4.09. The smallest absolute Gasteiger partial charge is 0.234 e. The Labute approximate surface area is 186 Å². The van der Waals surface area contributed by atoms with Gasteiger partial charge in [0.1, 0.15) is 0 Å². The van der Waals surface area contributed by atoms with Crippen LogP contribution >= 0.6 is 11.6 Å². The molecule has 0 saturated carbocycles. The molecule has 0 unspecified atom stereocenters. The summed E-state index contributed by atoms with van der Waals surface area (Å²) in [6.07, 6.45) is 3.14. The Balaban J connectivity index is 0.000000757. The fraction of sp³-hybridized carbons (Fsp3) is 0.609. The van der Waals surface area contributed by atoms with Crippen LogP contribution in [0.2, 0.25) is 5.02 Å². The van der Waals surface area contributed by atoms with E-state index in [1.807, 2.05) is 39.8 Å². The molecule has 3 heterocycles. The molecule has 0 spiro atoms. The highest BCUT2D eigenvalue weighted by atomic mass is 35.5. The summed E-state index contributed by atoms with van der Waals surface area (Å²) >= 11 is 6.35. The molecule has 2 aromatic rings. The second-order valence-corrected chi connectivity index (χ2v) is 7.69. The molecule has 0 radical (unpaired) electrons. The predicted octanol–water partition coefficient (Wildman–Crippen LogP) is 4.01. The number of amides is 1. The highest BCUT2D eigenvalue weighted by molar-refractivity contribution is 6.31. The Morgan fingerprint density at radius 2 is 1.83 bits per heavy atom. The van der Waals surface area contributed by atoms with Gasteiger partial charge in [0.05, 0.1) is 17.7 Å². The third kappa shape index (κ3) is 6.89. The van der Waals surface area contributed by atoms with Crippen molar-refractivity contribution >= 4 is 34.1 Å². The molecule has 1 aromatic carbocycles. The number of aromatic amines is 1. The summed E-state index contributed by atoms with van der Waals surface area (Å²) in [6, 6.07) is 6.69. The lowest BCUT2D eigenvalue weighted by atomic mass is 10.1. The molecule has 6 nitrogen and oxygen atoms in total. The zero-order chi connectivity index (χ0) is 21.9. The van der Waals surface area contributed by atoms with Gasteiger partial charge in [0.15, 0.2) is 0 Å². The topological polar surface area (TPSA) is 72.2 Å². The molecule has 2 saturated heterocycles. The van der Waals surface area contributed by atoms with Gasteiger partial charge >= 0.3 is 0 Å². The molecule has 0 aliphatic carbocycles. The van der Waals surface area contributed by atoms with Gasteiger partial charge in [0, 0.05) is 48.2 Å². The van der Waals surface area contributed by atoms with Crippen molar-refractivity contribution in [1.82, 2.24) is 20.5 Å². The van der Waals surface area contributed by atoms with Crippen molar-refractivity contribution in [2.75, 3.05) is 44.6 Å². The Kier molecular flexibility index (Phi) is 10.5. The van der Waals surface area contributed by atoms with Gasteiger partial charge in [-0.2, -0.15) is 0 Å². The Morgan fingerprint density at radius 1 is 1.10 bits per heavy atom. The number of rotatable bonds is 5. The Morgan fingerprint density at radius 3 is 2.53 bits per heavy atom. The van der Waals surface area contributed by atoms with Crippen LogP contribution in [0.4, 0.5) is 5.69 Å². The minimum Gasteiger partial charge on any atom is -0.380 e.